The first-order valence-electron chi connectivity index (χ1n) is 0.894. The molecule has 0 aliphatic rings. The van der Waals surface area contributed by atoms with Crippen LogP contribution in [0.15, 0.2) is 0 Å². The van der Waals surface area contributed by atoms with E-state index in [1.165, 1.54) is 0 Å². The second-order valence-corrected chi connectivity index (χ2v) is 1.80. The van der Waals surface area contributed by atoms with Crippen LogP contribution < -0.4 is 0 Å². The van der Waals surface area contributed by atoms with E-state index in [0.717, 1.165) is 0 Å². The molecule has 0 aromatic carbocycles. The molecule has 0 aliphatic carbocycles. The van der Waals surface area contributed by atoms with Gasteiger partial charge >= 0.3 is 46.8 Å². The van der Waals surface area contributed by atoms with Crippen LogP contribution in [-0.2, 0) is 0 Å². The second-order valence-electron chi connectivity index (χ2n) is 0.600. The van der Waals surface area contributed by atoms with E-state index in [1.807, 2.05) is 0 Å². The third-order valence-electron chi connectivity index (χ3n) is 0. The van der Waals surface area contributed by atoms with Gasteiger partial charge in [-0.15, -0.1) is 0 Å². The van der Waals surface area contributed by atoms with Crippen LogP contribution in [0.1, 0.15) is 2.85 Å². The van der Waals surface area contributed by atoms with E-state index in [2.05, 4.69) is 0 Å². The van der Waals surface area contributed by atoms with Crippen molar-refractivity contribution >= 4 is 70.7 Å². The molecule has 0 heterocycles. The first-order chi connectivity index (χ1) is 2.00. The molecule has 0 bridgehead atoms. The summed E-state index contributed by atoms with van der Waals surface area (Å²) < 4.78 is 0. The molecular weight excluding hydrogens is 251 g/mol. The van der Waals surface area contributed by atoms with Gasteiger partial charge in [0.25, 0.3) is 0 Å². The van der Waals surface area contributed by atoms with Crippen molar-refractivity contribution in [1.29, 1.82) is 0 Å². The van der Waals surface area contributed by atoms with Crippen LogP contribution >= 0.6 is 0 Å². The van der Waals surface area contributed by atoms with Crippen molar-refractivity contribution < 1.29 is 22.0 Å². The normalized spacial score (nSPS) is 8.57. The number of hydrogen-bond donors (Lipinski definition) is 4. The van der Waals surface area contributed by atoms with Gasteiger partial charge in [-0.3, -0.25) is 0 Å². The molecule has 0 rings (SSSR count). The van der Waals surface area contributed by atoms with Crippen molar-refractivity contribution in [1.82, 2.24) is 0 Å². The van der Waals surface area contributed by atoms with Crippen LogP contribution in [0.2, 0.25) is 0 Å². The molecule has 0 aliphatic heterocycles. The molecule has 0 spiro atoms. The Kier molecular flexibility index (Phi) is 14.3. The summed E-state index contributed by atoms with van der Waals surface area (Å²) >= 11 is 0. The summed E-state index contributed by atoms with van der Waals surface area (Å²) in [5, 5.41) is 0. The molecule has 0 atom stereocenters. The van der Waals surface area contributed by atoms with Crippen molar-refractivity contribution in [3.8, 4) is 0 Å². The van der Waals surface area contributed by atoms with Gasteiger partial charge < -0.3 is 22.0 Å². The summed E-state index contributed by atoms with van der Waals surface area (Å²) in [5.74, 6) is 0. The molecule has 7 heteroatoms. The fourth-order valence-corrected chi connectivity index (χ4v) is 0. The van der Waals surface area contributed by atoms with Gasteiger partial charge in [-0.1, -0.05) is 0 Å². The van der Waals surface area contributed by atoms with Crippen LogP contribution in [0.25, 0.3) is 0 Å². The second kappa shape index (κ2) is 6.24. The van der Waals surface area contributed by atoms with Gasteiger partial charge in [-0.2, -0.15) is 0 Å². The van der Waals surface area contributed by atoms with Crippen LogP contribution in [0, 0.1) is 0 Å². The van der Waals surface area contributed by atoms with Crippen LogP contribution in [0.4, 0.5) is 0 Å². The molecule has 40 valence electrons. The standard InChI is InChI=1S/Ca.H4O4Si.Sn.2H/c;1-5(2,3)4;;;/h;1-4H;;;/q+2;;;2*-1. The molecule has 0 unspecified atom stereocenters. The SMILES string of the molecule is O[Si](O)(O)O.[Ca+2].[H-].[H-].[Sn]. The van der Waals surface area contributed by atoms with E-state index in [4.69, 9.17) is 19.2 Å². The van der Waals surface area contributed by atoms with Crippen molar-refractivity contribution in [2.24, 2.45) is 0 Å². The fraction of sp³-hybridized carbons (Fsp3) is 0. The zero-order valence-corrected chi connectivity index (χ0v) is 9.56. The van der Waals surface area contributed by atoms with Gasteiger partial charge in [0, 0.05) is 23.9 Å². The summed E-state index contributed by atoms with van der Waals surface area (Å²) in [4.78, 5) is 29.3. The minimum absolute atomic E-state index is 0. The van der Waals surface area contributed by atoms with Crippen LogP contribution in [0.5, 0.6) is 0 Å². The van der Waals surface area contributed by atoms with Gasteiger partial charge in [0.15, 0.2) is 0 Å². The monoisotopic (exact) mass is 258 g/mol. The fourth-order valence-electron chi connectivity index (χ4n) is 0. The first-order valence-corrected chi connectivity index (χ1v) is 2.68. The maximum atomic E-state index is 7.33. The Morgan fingerprint density at radius 3 is 1.00 bits per heavy atom. The Morgan fingerprint density at radius 1 is 1.00 bits per heavy atom. The van der Waals surface area contributed by atoms with Crippen molar-refractivity contribution in [2.75, 3.05) is 0 Å². The van der Waals surface area contributed by atoms with E-state index in [1.54, 1.807) is 0 Å². The summed E-state index contributed by atoms with van der Waals surface area (Å²) in [7, 11) is -4.61. The van der Waals surface area contributed by atoms with Gasteiger partial charge in [0.05, 0.1) is 0 Å². The molecular formula is H6CaO4SiSn. The van der Waals surface area contributed by atoms with E-state index in [-0.39, 0.29) is 64.5 Å². The smallest absolute Gasteiger partial charge is 1.00 e. The van der Waals surface area contributed by atoms with Gasteiger partial charge in [-0.25, -0.2) is 0 Å². The minimum Gasteiger partial charge on any atom is -1.00 e. The van der Waals surface area contributed by atoms with Crippen LogP contribution in [0.3, 0.4) is 0 Å². The molecule has 0 amide bonds. The minimum atomic E-state index is -4.61. The molecule has 0 saturated carbocycles. The third-order valence-corrected chi connectivity index (χ3v) is 0. The van der Waals surface area contributed by atoms with Crippen LogP contribution in [-0.4, -0.2) is 89.9 Å². The van der Waals surface area contributed by atoms with E-state index >= 15 is 0 Å². The Labute approximate surface area is 91.6 Å². The van der Waals surface area contributed by atoms with Crippen molar-refractivity contribution in [3.63, 3.8) is 0 Å². The number of hydrogen-bond acceptors (Lipinski definition) is 4. The molecule has 7 heavy (non-hydrogen) atoms. The zero-order chi connectivity index (χ0) is 4.50. The summed E-state index contributed by atoms with van der Waals surface area (Å²) in [5.41, 5.74) is 0. The molecule has 4 N–H and O–H groups in total. The number of rotatable bonds is 0. The Hall–Kier alpha value is 2.12. The topological polar surface area (TPSA) is 80.9 Å². The summed E-state index contributed by atoms with van der Waals surface area (Å²) in [6.07, 6.45) is 0. The van der Waals surface area contributed by atoms with Crippen molar-refractivity contribution in [2.45, 2.75) is 0 Å². The molecule has 0 saturated heterocycles. The van der Waals surface area contributed by atoms with E-state index in [0.29, 0.717) is 0 Å². The van der Waals surface area contributed by atoms with Gasteiger partial charge in [0.1, 0.15) is 0 Å². The summed E-state index contributed by atoms with van der Waals surface area (Å²) in [6, 6.07) is 0. The molecule has 0 aromatic rings. The Bertz CT molecular complexity index is 34.0. The average Bonchev–Trinajstić information content (AvgIpc) is 0.722. The van der Waals surface area contributed by atoms with Crippen molar-refractivity contribution in [3.05, 3.63) is 0 Å². The zero-order valence-electron chi connectivity index (χ0n) is 5.50. The van der Waals surface area contributed by atoms with E-state index in [9.17, 15) is 0 Å². The molecule has 4 nitrogen and oxygen atoms in total. The van der Waals surface area contributed by atoms with Gasteiger partial charge in [0.2, 0.25) is 0 Å². The average molecular weight is 257 g/mol. The summed E-state index contributed by atoms with van der Waals surface area (Å²) in [6.45, 7) is 0. The predicted molar refractivity (Wildman–Crippen MR) is 28.4 cm³/mol. The Balaban J connectivity index is -0.0000000133. The largest absolute Gasteiger partial charge is 2.00 e. The Morgan fingerprint density at radius 2 is 1.00 bits per heavy atom. The first kappa shape index (κ1) is 16.1. The molecule has 4 radical (unpaired) electrons. The quantitative estimate of drug-likeness (QED) is 0.346. The maximum Gasteiger partial charge on any atom is 2.00 e. The van der Waals surface area contributed by atoms with Gasteiger partial charge in [-0.05, 0) is 0 Å². The maximum absolute atomic E-state index is 7.33. The van der Waals surface area contributed by atoms with E-state index < -0.39 is 9.05 Å². The predicted octanol–water partition coefficient (Wildman–Crippen LogP) is -3.15. The third kappa shape index (κ3) is 67.8. The molecule has 0 aromatic heterocycles. The molecule has 0 fully saturated rings.